The molecule has 0 saturated carbocycles. The molecule has 2 amide bonds. The van der Waals surface area contributed by atoms with Crippen LogP contribution in [-0.4, -0.2) is 32.3 Å². The van der Waals surface area contributed by atoms with Gasteiger partial charge in [-0.2, -0.15) is 5.10 Å². The summed E-state index contributed by atoms with van der Waals surface area (Å²) in [5, 5.41) is 7.33. The Morgan fingerprint density at radius 3 is 2.08 bits per heavy atom. The largest absolute Gasteiger partial charge is 0.472 e. The average molecular weight is 680 g/mol. The van der Waals surface area contributed by atoms with E-state index in [1.54, 1.807) is 4.68 Å². The van der Waals surface area contributed by atoms with Gasteiger partial charge in [-0.05, 0) is 65.1 Å². The lowest BCUT2D eigenvalue weighted by Crippen LogP contribution is -2.48. The molecule has 3 aliphatic rings. The number of alkyl halides is 1. The van der Waals surface area contributed by atoms with E-state index in [1.165, 1.54) is 6.20 Å². The van der Waals surface area contributed by atoms with Crippen LogP contribution in [0.15, 0.2) is 106 Å². The van der Waals surface area contributed by atoms with Crippen molar-refractivity contribution in [3.8, 4) is 5.88 Å². The first-order valence-corrected chi connectivity index (χ1v) is 18.0. The number of amides is 2. The van der Waals surface area contributed by atoms with Crippen LogP contribution in [0.4, 0.5) is 19.3 Å². The number of hydrogen-bond acceptors (Lipinski definition) is 4. The number of fused-ring (bicyclic) bond motifs is 3. The Balaban J connectivity index is 1.33. The highest BCUT2D eigenvalue weighted by Crippen LogP contribution is 2.43. The summed E-state index contributed by atoms with van der Waals surface area (Å²) in [6.07, 6.45) is 1.67. The fourth-order valence-electron chi connectivity index (χ4n) is 7.60. The van der Waals surface area contributed by atoms with Crippen molar-refractivity contribution in [2.45, 2.75) is 68.3 Å². The van der Waals surface area contributed by atoms with Crippen LogP contribution in [0.2, 0.25) is 0 Å². The highest BCUT2D eigenvalue weighted by molar-refractivity contribution is 7.92. The van der Waals surface area contributed by atoms with Crippen molar-refractivity contribution in [1.82, 2.24) is 14.5 Å². The van der Waals surface area contributed by atoms with Gasteiger partial charge in [-0.1, -0.05) is 91.0 Å². The Kier molecular flexibility index (Phi) is 7.83. The minimum atomic E-state index is -3.94. The van der Waals surface area contributed by atoms with Crippen LogP contribution in [0.1, 0.15) is 52.3 Å². The van der Waals surface area contributed by atoms with Gasteiger partial charge in [-0.3, -0.25) is 0 Å². The summed E-state index contributed by atoms with van der Waals surface area (Å²) < 4.78 is 61.6. The number of carbonyl (C=O) groups is 1. The second kappa shape index (κ2) is 12.2. The van der Waals surface area contributed by atoms with Gasteiger partial charge in [0.25, 0.3) is 0 Å². The molecule has 5 aromatic rings. The van der Waals surface area contributed by atoms with E-state index in [0.717, 1.165) is 23.1 Å². The quantitative estimate of drug-likeness (QED) is 0.177. The molecule has 0 radical (unpaired) electrons. The zero-order chi connectivity index (χ0) is 33.8. The summed E-state index contributed by atoms with van der Waals surface area (Å²) in [5.41, 5.74) is 3.30. The standard InChI is InChI=1S/C38H35F2N5O3S/c1-24-23-45-36(48-24)33(22-41-45)49(47,43-37(46)42-35-30-19-11-18-29(30)34(40)31-20-28(39)21-32(31)35)44-38(25-12-5-2-6-13-25,26-14-7-3-8-15-26)27-16-9-4-10-17-27/h2-10,12-17,22,24,28H,11,18-21,23H2,1H3,(H2,42,43,44,46,47)/t24-,28-,49?/m1/s1. The Labute approximate surface area is 283 Å². The topological polar surface area (TPSA) is 97.6 Å². The van der Waals surface area contributed by atoms with Crippen molar-refractivity contribution in [2.24, 2.45) is 4.36 Å². The number of nitrogens with zero attached hydrogens (tertiary/aromatic N) is 3. The van der Waals surface area contributed by atoms with Gasteiger partial charge >= 0.3 is 6.03 Å². The summed E-state index contributed by atoms with van der Waals surface area (Å²) >= 11 is 0. The summed E-state index contributed by atoms with van der Waals surface area (Å²) in [4.78, 5) is 14.3. The van der Waals surface area contributed by atoms with E-state index >= 15 is 8.60 Å². The molecule has 3 atom stereocenters. The van der Waals surface area contributed by atoms with Crippen LogP contribution >= 0.6 is 0 Å². The molecule has 2 heterocycles. The fraction of sp³-hybridized carbons (Fsp3) is 0.263. The second-order valence-electron chi connectivity index (χ2n) is 12.9. The average Bonchev–Trinajstić information content (AvgIpc) is 3.91. The van der Waals surface area contributed by atoms with Crippen molar-refractivity contribution < 1.29 is 22.5 Å². The van der Waals surface area contributed by atoms with Crippen LogP contribution in [-0.2, 0) is 47.7 Å². The Morgan fingerprint density at radius 2 is 1.47 bits per heavy atom. The molecule has 1 unspecified atom stereocenters. The number of carbonyl (C=O) groups excluding carboxylic acids is 1. The second-order valence-corrected chi connectivity index (χ2v) is 14.8. The smallest absolute Gasteiger partial charge is 0.354 e. The maximum Gasteiger partial charge on any atom is 0.354 e. The molecule has 0 saturated heterocycles. The Hall–Kier alpha value is -4.87. The van der Waals surface area contributed by atoms with E-state index < -0.39 is 27.7 Å². The third-order valence-electron chi connectivity index (χ3n) is 9.72. The molecule has 4 aromatic carbocycles. The summed E-state index contributed by atoms with van der Waals surface area (Å²) in [5.74, 6) is -0.114. The molecule has 250 valence electrons. The molecule has 8 rings (SSSR count). The first-order valence-electron chi connectivity index (χ1n) is 16.5. The lowest BCUT2D eigenvalue weighted by molar-refractivity contribution is 0.248. The minimum absolute atomic E-state index is 0.00937. The fourth-order valence-corrected chi connectivity index (χ4v) is 9.48. The summed E-state index contributed by atoms with van der Waals surface area (Å²) in [7, 11) is -3.94. The zero-order valence-corrected chi connectivity index (χ0v) is 27.7. The van der Waals surface area contributed by atoms with Gasteiger partial charge < -0.3 is 10.1 Å². The van der Waals surface area contributed by atoms with Gasteiger partial charge in [0, 0.05) is 18.5 Å². The molecule has 0 bridgehead atoms. The number of ether oxygens (including phenoxy) is 1. The number of anilines is 1. The molecule has 1 aliphatic heterocycles. The Bertz CT molecular complexity index is 2090. The molecule has 1 aromatic heterocycles. The molecule has 0 spiro atoms. The first kappa shape index (κ1) is 31.4. The third-order valence-corrected chi connectivity index (χ3v) is 11.6. The highest BCUT2D eigenvalue weighted by atomic mass is 32.2. The molecule has 0 fully saturated rings. The van der Waals surface area contributed by atoms with Gasteiger partial charge in [-0.15, -0.1) is 4.36 Å². The monoisotopic (exact) mass is 679 g/mol. The maximum atomic E-state index is 15.8. The van der Waals surface area contributed by atoms with E-state index in [4.69, 9.17) is 4.74 Å². The summed E-state index contributed by atoms with van der Waals surface area (Å²) in [6.45, 7) is 2.32. The number of hydrogen-bond donors (Lipinski definition) is 2. The SMILES string of the molecule is C[C@@H]1Cn2ncc(S(=O)(=NC(=O)Nc3c4c(c(F)c5c3C[C@H](F)C5)CCC4)NC(c3ccccc3)(c3ccccc3)c3ccccc3)c2O1. The number of halogens is 2. The minimum Gasteiger partial charge on any atom is -0.472 e. The van der Waals surface area contributed by atoms with E-state index in [9.17, 15) is 9.18 Å². The number of aromatic nitrogens is 2. The van der Waals surface area contributed by atoms with E-state index in [-0.39, 0.29) is 35.5 Å². The van der Waals surface area contributed by atoms with Crippen molar-refractivity contribution in [3.05, 3.63) is 142 Å². The van der Waals surface area contributed by atoms with Crippen molar-refractivity contribution in [1.29, 1.82) is 0 Å². The van der Waals surface area contributed by atoms with Crippen LogP contribution < -0.4 is 14.8 Å². The normalized spacial score (nSPS) is 19.0. The predicted molar refractivity (Wildman–Crippen MR) is 183 cm³/mol. The molecule has 49 heavy (non-hydrogen) atoms. The molecule has 11 heteroatoms. The van der Waals surface area contributed by atoms with Crippen molar-refractivity contribution >= 4 is 21.6 Å². The van der Waals surface area contributed by atoms with Gasteiger partial charge in [0.2, 0.25) is 5.88 Å². The van der Waals surface area contributed by atoms with Crippen LogP contribution in [0.3, 0.4) is 0 Å². The molecular formula is C38H35F2N5O3S. The van der Waals surface area contributed by atoms with Crippen molar-refractivity contribution in [2.75, 3.05) is 5.32 Å². The van der Waals surface area contributed by atoms with Crippen LogP contribution in [0.5, 0.6) is 5.88 Å². The van der Waals surface area contributed by atoms with Gasteiger partial charge in [-0.25, -0.2) is 27.2 Å². The number of benzene rings is 4. The van der Waals surface area contributed by atoms with Gasteiger partial charge in [0.1, 0.15) is 28.5 Å². The highest BCUT2D eigenvalue weighted by Gasteiger charge is 2.43. The number of nitrogens with one attached hydrogen (secondary N) is 2. The van der Waals surface area contributed by atoms with Crippen molar-refractivity contribution in [3.63, 3.8) is 0 Å². The van der Waals surface area contributed by atoms with Gasteiger partial charge in [0.05, 0.1) is 12.7 Å². The lowest BCUT2D eigenvalue weighted by atomic mass is 9.78. The molecular weight excluding hydrogens is 645 g/mol. The molecule has 8 nitrogen and oxygen atoms in total. The molecule has 2 aliphatic carbocycles. The van der Waals surface area contributed by atoms with E-state index in [2.05, 4.69) is 19.5 Å². The Morgan fingerprint density at radius 1 is 0.898 bits per heavy atom. The maximum absolute atomic E-state index is 15.8. The predicted octanol–water partition coefficient (Wildman–Crippen LogP) is 7.28. The number of urea groups is 1. The number of rotatable bonds is 7. The lowest BCUT2D eigenvalue weighted by Gasteiger charge is -2.37. The molecule has 2 N–H and O–H groups in total. The zero-order valence-electron chi connectivity index (χ0n) is 26.9. The summed E-state index contributed by atoms with van der Waals surface area (Å²) in [6, 6.07) is 27.8. The van der Waals surface area contributed by atoms with E-state index in [1.807, 2.05) is 97.9 Å². The van der Waals surface area contributed by atoms with Gasteiger partial charge in [0.15, 0.2) is 9.92 Å². The van der Waals surface area contributed by atoms with Crippen LogP contribution in [0, 0.1) is 5.82 Å². The first-order chi connectivity index (χ1) is 23.8. The van der Waals surface area contributed by atoms with Crippen LogP contribution in [0.25, 0.3) is 0 Å². The van der Waals surface area contributed by atoms with E-state index in [0.29, 0.717) is 47.3 Å². The third kappa shape index (κ3) is 5.32.